The molecule has 5 heteroatoms. The summed E-state index contributed by atoms with van der Waals surface area (Å²) in [5.41, 5.74) is 0.751. The third-order valence-electron chi connectivity index (χ3n) is 3.00. The van der Waals surface area contributed by atoms with Gasteiger partial charge in [-0.05, 0) is 31.4 Å². The van der Waals surface area contributed by atoms with Crippen molar-refractivity contribution in [2.45, 2.75) is 19.3 Å². The molecule has 4 nitrogen and oxygen atoms in total. The second kappa shape index (κ2) is 6.13. The van der Waals surface area contributed by atoms with Gasteiger partial charge >= 0.3 is 0 Å². The lowest BCUT2D eigenvalue weighted by Gasteiger charge is -2.18. The Morgan fingerprint density at radius 3 is 2.74 bits per heavy atom. The number of hydrogen-bond donors (Lipinski definition) is 2. The predicted octanol–water partition coefficient (Wildman–Crippen LogP) is 1.99. The molecular weight excluding hydrogens is 247 g/mol. The summed E-state index contributed by atoms with van der Waals surface area (Å²) in [6, 6.07) is 5.86. The summed E-state index contributed by atoms with van der Waals surface area (Å²) in [4.78, 5) is 23.1. The average molecular weight is 262 g/mol. The Bertz CT molecular complexity index is 518. The average Bonchev–Trinajstić information content (AvgIpc) is 2.43. The Labute approximate surface area is 110 Å². The maximum absolute atomic E-state index is 13.4. The van der Waals surface area contributed by atoms with Crippen molar-refractivity contribution in [3.05, 3.63) is 41.4 Å². The van der Waals surface area contributed by atoms with Crippen LogP contribution < -0.4 is 10.6 Å². The standard InChI is InChI=1S/C14H15FN2O2/c15-11-5-1-2-7-13(11)17-14(19)10(9-18)12-6-3-4-8-16-12/h1-2,5,7,9,16H,3-4,6,8H2,(H,17,19)/b12-10-. The number of piperidine rings is 1. The zero-order chi connectivity index (χ0) is 13.7. The van der Waals surface area contributed by atoms with Crippen molar-refractivity contribution in [2.24, 2.45) is 0 Å². The molecule has 2 N–H and O–H groups in total. The summed E-state index contributed by atoms with van der Waals surface area (Å²) in [6.45, 7) is 0.750. The molecule has 0 aliphatic carbocycles. The van der Waals surface area contributed by atoms with Crippen molar-refractivity contribution >= 4 is 17.9 Å². The minimum atomic E-state index is -0.579. The number of aldehydes is 1. The van der Waals surface area contributed by atoms with Crippen LogP contribution in [0.5, 0.6) is 0 Å². The molecule has 1 aliphatic rings. The van der Waals surface area contributed by atoms with E-state index < -0.39 is 11.7 Å². The van der Waals surface area contributed by atoms with Crippen LogP contribution in [-0.4, -0.2) is 18.7 Å². The number of halogens is 1. The molecule has 2 rings (SSSR count). The number of para-hydroxylation sites is 1. The van der Waals surface area contributed by atoms with Crippen molar-refractivity contribution in [1.82, 2.24) is 5.32 Å². The van der Waals surface area contributed by atoms with Crippen LogP contribution in [0.3, 0.4) is 0 Å². The van der Waals surface area contributed by atoms with Gasteiger partial charge in [0.05, 0.1) is 11.3 Å². The van der Waals surface area contributed by atoms with Crippen LogP contribution in [0.1, 0.15) is 19.3 Å². The summed E-state index contributed by atoms with van der Waals surface area (Å²) in [5.74, 6) is -1.10. The molecular formula is C14H15FN2O2. The molecule has 0 aromatic heterocycles. The summed E-state index contributed by atoms with van der Waals surface area (Å²) in [6.07, 6.45) is 3.14. The lowest BCUT2D eigenvalue weighted by atomic mass is 10.0. The molecule has 0 unspecified atom stereocenters. The number of nitrogens with one attached hydrogen (secondary N) is 2. The molecule has 1 amide bonds. The van der Waals surface area contributed by atoms with Gasteiger partial charge in [-0.3, -0.25) is 9.59 Å². The third kappa shape index (κ3) is 3.19. The first kappa shape index (κ1) is 13.3. The highest BCUT2D eigenvalue weighted by Crippen LogP contribution is 2.17. The van der Waals surface area contributed by atoms with Crippen molar-refractivity contribution in [2.75, 3.05) is 11.9 Å². The number of benzene rings is 1. The smallest absolute Gasteiger partial charge is 0.260 e. The highest BCUT2D eigenvalue weighted by atomic mass is 19.1. The SMILES string of the molecule is O=C/C(C(=O)Nc1ccccc1F)=C1\CCCCN1. The van der Waals surface area contributed by atoms with E-state index in [0.29, 0.717) is 18.4 Å². The minimum Gasteiger partial charge on any atom is -0.388 e. The Hall–Kier alpha value is -2.17. The normalized spacial score (nSPS) is 17.3. The van der Waals surface area contributed by atoms with Crippen LogP contribution in [0.25, 0.3) is 0 Å². The first-order valence-electron chi connectivity index (χ1n) is 6.20. The van der Waals surface area contributed by atoms with E-state index >= 15 is 0 Å². The monoisotopic (exact) mass is 262 g/mol. The summed E-state index contributed by atoms with van der Waals surface area (Å²) >= 11 is 0. The molecule has 1 aromatic carbocycles. The Morgan fingerprint density at radius 2 is 2.11 bits per heavy atom. The van der Waals surface area contributed by atoms with Gasteiger partial charge < -0.3 is 10.6 Å². The maximum Gasteiger partial charge on any atom is 0.260 e. The van der Waals surface area contributed by atoms with Gasteiger partial charge in [0.15, 0.2) is 6.29 Å². The largest absolute Gasteiger partial charge is 0.388 e. The van der Waals surface area contributed by atoms with Crippen LogP contribution in [0.2, 0.25) is 0 Å². The van der Waals surface area contributed by atoms with Gasteiger partial charge in [0, 0.05) is 12.2 Å². The van der Waals surface area contributed by atoms with E-state index in [4.69, 9.17) is 0 Å². The molecule has 1 saturated heterocycles. The van der Waals surface area contributed by atoms with Gasteiger partial charge in [0.25, 0.3) is 5.91 Å². The quantitative estimate of drug-likeness (QED) is 0.379. The second-order valence-corrected chi connectivity index (χ2v) is 4.33. The molecule has 0 spiro atoms. The first-order valence-corrected chi connectivity index (χ1v) is 6.20. The fourth-order valence-corrected chi connectivity index (χ4v) is 2.00. The summed E-state index contributed by atoms with van der Waals surface area (Å²) in [5, 5.41) is 5.46. The van der Waals surface area contributed by atoms with Crippen molar-refractivity contribution in [3.63, 3.8) is 0 Å². The number of amides is 1. The number of carbonyl (C=O) groups excluding carboxylic acids is 2. The first-order chi connectivity index (χ1) is 9.22. The fourth-order valence-electron chi connectivity index (χ4n) is 2.00. The van der Waals surface area contributed by atoms with Crippen molar-refractivity contribution in [1.29, 1.82) is 0 Å². The van der Waals surface area contributed by atoms with Gasteiger partial charge in [-0.2, -0.15) is 0 Å². The van der Waals surface area contributed by atoms with Gasteiger partial charge in [-0.15, -0.1) is 0 Å². The Morgan fingerprint density at radius 1 is 1.32 bits per heavy atom. The highest BCUT2D eigenvalue weighted by molar-refractivity contribution is 6.17. The topological polar surface area (TPSA) is 58.2 Å². The summed E-state index contributed by atoms with van der Waals surface area (Å²) in [7, 11) is 0. The van der Waals surface area contributed by atoms with Crippen LogP contribution in [0.15, 0.2) is 35.5 Å². The number of anilines is 1. The molecule has 0 radical (unpaired) electrons. The zero-order valence-electron chi connectivity index (χ0n) is 10.4. The van der Waals surface area contributed by atoms with E-state index in [1.54, 1.807) is 6.07 Å². The van der Waals surface area contributed by atoms with E-state index in [2.05, 4.69) is 10.6 Å². The van der Waals surface area contributed by atoms with Crippen LogP contribution >= 0.6 is 0 Å². The third-order valence-corrected chi connectivity index (χ3v) is 3.00. The van der Waals surface area contributed by atoms with Gasteiger partial charge in [-0.1, -0.05) is 12.1 Å². The molecule has 1 aromatic rings. The van der Waals surface area contributed by atoms with E-state index in [9.17, 15) is 14.0 Å². The van der Waals surface area contributed by atoms with Crippen molar-refractivity contribution < 1.29 is 14.0 Å². The minimum absolute atomic E-state index is 0.0444. The summed E-state index contributed by atoms with van der Waals surface area (Å²) < 4.78 is 13.4. The van der Waals surface area contributed by atoms with E-state index in [1.807, 2.05) is 0 Å². The molecule has 1 fully saturated rings. The number of allylic oxidation sites excluding steroid dienone is 1. The maximum atomic E-state index is 13.4. The lowest BCUT2D eigenvalue weighted by molar-refractivity contribution is -0.115. The Kier molecular flexibility index (Phi) is 4.28. The van der Waals surface area contributed by atoms with Gasteiger partial charge in [0.2, 0.25) is 0 Å². The predicted molar refractivity (Wildman–Crippen MR) is 70.0 cm³/mol. The zero-order valence-corrected chi connectivity index (χ0v) is 10.4. The molecule has 100 valence electrons. The number of carbonyl (C=O) groups is 2. The van der Waals surface area contributed by atoms with Gasteiger partial charge in [0.1, 0.15) is 5.82 Å². The Balaban J connectivity index is 2.18. The van der Waals surface area contributed by atoms with Crippen LogP contribution in [0.4, 0.5) is 10.1 Å². The van der Waals surface area contributed by atoms with E-state index in [1.165, 1.54) is 18.2 Å². The highest BCUT2D eigenvalue weighted by Gasteiger charge is 2.17. The number of hydrogen-bond acceptors (Lipinski definition) is 3. The molecule has 1 heterocycles. The molecule has 19 heavy (non-hydrogen) atoms. The van der Waals surface area contributed by atoms with Crippen LogP contribution in [-0.2, 0) is 9.59 Å². The number of rotatable bonds is 3. The van der Waals surface area contributed by atoms with Crippen molar-refractivity contribution in [3.8, 4) is 0 Å². The van der Waals surface area contributed by atoms with E-state index in [-0.39, 0.29) is 11.3 Å². The van der Waals surface area contributed by atoms with Gasteiger partial charge in [-0.25, -0.2) is 4.39 Å². The van der Waals surface area contributed by atoms with Crippen LogP contribution in [0, 0.1) is 5.82 Å². The van der Waals surface area contributed by atoms with E-state index in [0.717, 1.165) is 19.4 Å². The molecule has 1 aliphatic heterocycles. The molecule has 0 bridgehead atoms. The molecule has 0 atom stereocenters. The lowest BCUT2D eigenvalue weighted by Crippen LogP contribution is -2.27. The fraction of sp³-hybridized carbons (Fsp3) is 0.286. The molecule has 0 saturated carbocycles. The second-order valence-electron chi connectivity index (χ2n) is 4.33.